The highest BCUT2D eigenvalue weighted by molar-refractivity contribution is 6.03. The Morgan fingerprint density at radius 1 is 1.24 bits per heavy atom. The average molecular weight is 336 g/mol. The van der Waals surface area contributed by atoms with Gasteiger partial charge >= 0.3 is 0 Å². The van der Waals surface area contributed by atoms with Gasteiger partial charge < -0.3 is 10.1 Å². The van der Waals surface area contributed by atoms with Gasteiger partial charge in [0.2, 0.25) is 17.8 Å². The Hall–Kier alpha value is -3.35. The topological polar surface area (TPSA) is 85.2 Å². The van der Waals surface area contributed by atoms with Crippen molar-refractivity contribution in [3.63, 3.8) is 0 Å². The Morgan fingerprint density at radius 2 is 2.00 bits per heavy atom. The van der Waals surface area contributed by atoms with Gasteiger partial charge in [-0.15, -0.1) is 0 Å². The van der Waals surface area contributed by atoms with Crippen LogP contribution in [-0.2, 0) is 9.59 Å². The van der Waals surface area contributed by atoms with Crippen molar-refractivity contribution >= 4 is 34.5 Å². The summed E-state index contributed by atoms with van der Waals surface area (Å²) in [5.41, 5.74) is 2.10. The number of methoxy groups -OCH3 is 1. The van der Waals surface area contributed by atoms with E-state index in [4.69, 9.17) is 4.74 Å². The van der Waals surface area contributed by atoms with Crippen LogP contribution in [0.5, 0.6) is 5.75 Å². The summed E-state index contributed by atoms with van der Waals surface area (Å²) in [7, 11) is 1.54. The van der Waals surface area contributed by atoms with E-state index in [2.05, 4.69) is 15.6 Å². The second-order valence-electron chi connectivity index (χ2n) is 5.75. The molecule has 0 unspecified atom stereocenters. The number of nitrogens with zero attached hydrogens (tertiary/aromatic N) is 2. The summed E-state index contributed by atoms with van der Waals surface area (Å²) >= 11 is 0. The fourth-order valence-corrected chi connectivity index (χ4v) is 3.06. The maximum absolute atomic E-state index is 12.9. The third kappa shape index (κ3) is 2.59. The molecule has 2 aromatic carbocycles. The highest BCUT2D eigenvalue weighted by Crippen LogP contribution is 2.32. The molecule has 0 bridgehead atoms. The summed E-state index contributed by atoms with van der Waals surface area (Å²) in [6.45, 7) is 0. The van der Waals surface area contributed by atoms with Crippen LogP contribution < -0.4 is 15.4 Å². The van der Waals surface area contributed by atoms with Crippen LogP contribution in [0.1, 0.15) is 12.5 Å². The number of ether oxygens (including phenoxy) is 1. The van der Waals surface area contributed by atoms with Gasteiger partial charge in [0, 0.05) is 0 Å². The summed E-state index contributed by atoms with van der Waals surface area (Å²) in [4.78, 5) is 29.3. The number of carbonyl (C=O) groups is 2. The quantitative estimate of drug-likeness (QED) is 0.770. The number of nitrogens with one attached hydrogen (secondary N) is 2. The second-order valence-corrected chi connectivity index (χ2v) is 5.75. The molecule has 1 aromatic heterocycles. The van der Waals surface area contributed by atoms with Crippen molar-refractivity contribution < 1.29 is 14.3 Å². The molecule has 0 saturated carbocycles. The number of aromatic nitrogens is 2. The molecule has 2 heterocycles. The Labute approximate surface area is 143 Å². The third-order valence-electron chi connectivity index (χ3n) is 4.20. The number of hydrogen-bond donors (Lipinski definition) is 2. The van der Waals surface area contributed by atoms with E-state index in [1.807, 2.05) is 36.4 Å². The number of para-hydroxylation sites is 4. The van der Waals surface area contributed by atoms with E-state index in [9.17, 15) is 9.59 Å². The third-order valence-corrected chi connectivity index (χ3v) is 4.20. The molecule has 2 amide bonds. The van der Waals surface area contributed by atoms with Crippen molar-refractivity contribution in [1.29, 1.82) is 0 Å². The number of benzene rings is 2. The lowest BCUT2D eigenvalue weighted by Gasteiger charge is -2.25. The first-order chi connectivity index (χ1) is 12.2. The van der Waals surface area contributed by atoms with Crippen molar-refractivity contribution in [3.05, 3.63) is 48.5 Å². The van der Waals surface area contributed by atoms with Crippen LogP contribution in [0.4, 0.5) is 11.6 Å². The fraction of sp³-hybridized carbons (Fsp3) is 0.167. The number of amides is 2. The first kappa shape index (κ1) is 15.2. The summed E-state index contributed by atoms with van der Waals surface area (Å²) in [5, 5.41) is 5.58. The minimum absolute atomic E-state index is 0.0499. The number of rotatable bonds is 3. The van der Waals surface area contributed by atoms with Gasteiger partial charge in [-0.2, -0.15) is 0 Å². The van der Waals surface area contributed by atoms with Crippen LogP contribution in [0.15, 0.2) is 48.5 Å². The summed E-state index contributed by atoms with van der Waals surface area (Å²) in [5.74, 6) is 0.427. The van der Waals surface area contributed by atoms with Gasteiger partial charge in [0.05, 0.1) is 30.3 Å². The molecule has 25 heavy (non-hydrogen) atoms. The molecule has 0 radical (unpaired) electrons. The minimum Gasteiger partial charge on any atom is -0.495 e. The first-order valence-electron chi connectivity index (χ1n) is 7.88. The van der Waals surface area contributed by atoms with Gasteiger partial charge in [0.15, 0.2) is 0 Å². The molecule has 7 nitrogen and oxygen atoms in total. The van der Waals surface area contributed by atoms with E-state index in [0.29, 0.717) is 17.4 Å². The molecule has 0 spiro atoms. The van der Waals surface area contributed by atoms with Gasteiger partial charge in [-0.3, -0.25) is 19.5 Å². The van der Waals surface area contributed by atoms with Gasteiger partial charge in [-0.05, 0) is 24.3 Å². The Bertz CT molecular complexity index is 979. The van der Waals surface area contributed by atoms with Crippen LogP contribution in [0.25, 0.3) is 11.0 Å². The number of fused-ring (bicyclic) bond motifs is 3. The van der Waals surface area contributed by atoms with Crippen LogP contribution in [0, 0.1) is 0 Å². The molecule has 7 heteroatoms. The molecular weight excluding hydrogens is 320 g/mol. The van der Waals surface area contributed by atoms with Crippen molar-refractivity contribution in [2.24, 2.45) is 0 Å². The van der Waals surface area contributed by atoms with E-state index < -0.39 is 6.04 Å². The molecule has 1 atom stereocenters. The van der Waals surface area contributed by atoms with Crippen molar-refractivity contribution in [2.45, 2.75) is 12.5 Å². The van der Waals surface area contributed by atoms with Gasteiger partial charge in [0.25, 0.3) is 0 Å². The Balaban J connectivity index is 1.73. The summed E-state index contributed by atoms with van der Waals surface area (Å²) in [6.07, 6.45) is 0.0499. The van der Waals surface area contributed by atoms with E-state index in [0.717, 1.165) is 11.0 Å². The largest absolute Gasteiger partial charge is 0.495 e. The lowest BCUT2D eigenvalue weighted by atomic mass is 10.1. The number of imidazole rings is 1. The highest BCUT2D eigenvalue weighted by Gasteiger charge is 2.33. The van der Waals surface area contributed by atoms with Crippen LogP contribution in [-0.4, -0.2) is 28.5 Å². The molecular formula is C18H16N4O3. The maximum Gasteiger partial charge on any atom is 0.248 e. The van der Waals surface area contributed by atoms with Crippen molar-refractivity contribution in [2.75, 3.05) is 17.7 Å². The molecule has 2 N–H and O–H groups in total. The predicted octanol–water partition coefficient (Wildman–Crippen LogP) is 2.57. The van der Waals surface area contributed by atoms with Crippen LogP contribution in [0.2, 0.25) is 0 Å². The molecule has 1 aliphatic heterocycles. The molecule has 126 valence electrons. The van der Waals surface area contributed by atoms with Crippen LogP contribution >= 0.6 is 0 Å². The van der Waals surface area contributed by atoms with E-state index in [-0.39, 0.29) is 18.2 Å². The first-order valence-corrected chi connectivity index (χ1v) is 7.88. The maximum atomic E-state index is 12.9. The van der Waals surface area contributed by atoms with Gasteiger partial charge in [0.1, 0.15) is 11.8 Å². The van der Waals surface area contributed by atoms with Crippen molar-refractivity contribution in [1.82, 2.24) is 9.55 Å². The lowest BCUT2D eigenvalue weighted by molar-refractivity contribution is -0.124. The summed E-state index contributed by atoms with van der Waals surface area (Å²) < 4.78 is 7.03. The Kier molecular flexibility index (Phi) is 3.61. The standard InChI is InChI=1S/C18H16N4O3/c1-25-15-9-5-3-7-12(15)19-17(24)14-10-16(23)21-18-20-11-6-2-4-8-13(11)22(14)18/h2-9,14H,10H2,1H3,(H,19,24)(H,20,21,23)/t14-/m1/s1. The zero-order valence-corrected chi connectivity index (χ0v) is 13.5. The zero-order valence-electron chi connectivity index (χ0n) is 13.5. The second kappa shape index (κ2) is 5.94. The van der Waals surface area contributed by atoms with E-state index in [1.165, 1.54) is 0 Å². The lowest BCUT2D eigenvalue weighted by Crippen LogP contribution is -2.35. The average Bonchev–Trinajstić information content (AvgIpc) is 2.99. The highest BCUT2D eigenvalue weighted by atomic mass is 16.5. The van der Waals surface area contributed by atoms with Crippen LogP contribution in [0.3, 0.4) is 0 Å². The number of carbonyl (C=O) groups excluding carboxylic acids is 2. The molecule has 0 fully saturated rings. The minimum atomic E-state index is -0.680. The summed E-state index contributed by atoms with van der Waals surface area (Å²) in [6, 6.07) is 14.0. The molecule has 0 saturated heterocycles. The molecule has 1 aliphatic rings. The number of anilines is 2. The predicted molar refractivity (Wildman–Crippen MR) is 93.6 cm³/mol. The number of hydrogen-bond acceptors (Lipinski definition) is 4. The van der Waals surface area contributed by atoms with E-state index >= 15 is 0 Å². The smallest absolute Gasteiger partial charge is 0.248 e. The van der Waals surface area contributed by atoms with E-state index in [1.54, 1.807) is 23.8 Å². The molecule has 0 aliphatic carbocycles. The Morgan fingerprint density at radius 3 is 2.84 bits per heavy atom. The van der Waals surface area contributed by atoms with Crippen molar-refractivity contribution in [3.8, 4) is 5.75 Å². The zero-order chi connectivity index (χ0) is 17.4. The normalized spacial score (nSPS) is 16.2. The molecule has 3 aromatic rings. The molecule has 4 rings (SSSR count). The fourth-order valence-electron chi connectivity index (χ4n) is 3.06. The monoisotopic (exact) mass is 336 g/mol. The van der Waals surface area contributed by atoms with Gasteiger partial charge in [-0.1, -0.05) is 24.3 Å². The van der Waals surface area contributed by atoms with Gasteiger partial charge in [-0.25, -0.2) is 4.98 Å². The SMILES string of the molecule is COc1ccccc1NC(=O)[C@H]1CC(=O)Nc2nc3ccccc3n21.